The highest BCUT2D eigenvalue weighted by Crippen LogP contribution is 2.37. The Morgan fingerprint density at radius 2 is 1.93 bits per heavy atom. The summed E-state index contributed by atoms with van der Waals surface area (Å²) < 4.78 is 1.96. The molecule has 6 nitrogen and oxygen atoms in total. The monoisotopic (exact) mass is 368 g/mol. The van der Waals surface area contributed by atoms with Crippen molar-refractivity contribution in [1.82, 2.24) is 20.0 Å². The molecular formula is C21H28N4O2. The summed E-state index contributed by atoms with van der Waals surface area (Å²) in [5.74, 6) is -0.381. The van der Waals surface area contributed by atoms with Crippen molar-refractivity contribution < 1.29 is 9.59 Å². The molecule has 0 saturated carbocycles. The molecule has 0 bridgehead atoms. The van der Waals surface area contributed by atoms with E-state index >= 15 is 0 Å². The molecule has 2 aromatic rings. The molecule has 0 unspecified atom stereocenters. The van der Waals surface area contributed by atoms with Crippen LogP contribution in [-0.2, 0) is 16.1 Å². The lowest BCUT2D eigenvalue weighted by Crippen LogP contribution is -2.35. The number of likely N-dealkylation sites (tertiary alicyclic amines) is 1. The highest BCUT2D eigenvalue weighted by atomic mass is 16.2. The van der Waals surface area contributed by atoms with E-state index < -0.39 is 0 Å². The van der Waals surface area contributed by atoms with E-state index in [1.165, 1.54) is 0 Å². The van der Waals surface area contributed by atoms with Crippen molar-refractivity contribution in [3.8, 4) is 0 Å². The van der Waals surface area contributed by atoms with Crippen molar-refractivity contribution >= 4 is 11.8 Å². The molecular weight excluding hydrogens is 340 g/mol. The fraction of sp³-hybridized carbons (Fsp3) is 0.476. The number of hydrogen-bond donors (Lipinski definition) is 1. The summed E-state index contributed by atoms with van der Waals surface area (Å²) in [6, 6.07) is 9.92. The first-order valence-corrected chi connectivity index (χ1v) is 9.48. The second-order valence-corrected chi connectivity index (χ2v) is 7.47. The van der Waals surface area contributed by atoms with Crippen LogP contribution in [0.1, 0.15) is 41.4 Å². The minimum atomic E-state index is -0.348. The normalized spacial score (nSPS) is 19.6. The van der Waals surface area contributed by atoms with Crippen LogP contribution in [0.15, 0.2) is 30.3 Å². The zero-order valence-electron chi connectivity index (χ0n) is 16.5. The standard InChI is InChI=1S/C21H28N4O2/c1-14-6-8-17(9-7-14)20-18(13-19(26)24(20)4)21(27)22-10-5-11-25-16(3)12-15(2)23-25/h6-9,12,18,20H,5,10-11,13H2,1-4H3,(H,22,27)/t18-,20+/m1/s1. The van der Waals surface area contributed by atoms with Gasteiger partial charge in [-0.25, -0.2) is 0 Å². The Bertz CT molecular complexity index is 825. The van der Waals surface area contributed by atoms with Crippen LogP contribution in [-0.4, -0.2) is 40.1 Å². The van der Waals surface area contributed by atoms with Crippen molar-refractivity contribution in [2.45, 2.75) is 46.2 Å². The molecule has 1 N–H and O–H groups in total. The van der Waals surface area contributed by atoms with E-state index in [2.05, 4.69) is 10.4 Å². The molecule has 144 valence electrons. The zero-order valence-corrected chi connectivity index (χ0v) is 16.5. The summed E-state index contributed by atoms with van der Waals surface area (Å²) in [5.41, 5.74) is 4.30. The van der Waals surface area contributed by atoms with Crippen molar-refractivity contribution in [3.05, 3.63) is 52.8 Å². The SMILES string of the molecule is Cc1ccc([C@H]2[C@H](C(=O)NCCCn3nc(C)cc3C)CC(=O)N2C)cc1. The van der Waals surface area contributed by atoms with Gasteiger partial charge in [0, 0.05) is 32.3 Å². The molecule has 0 spiro atoms. The Hall–Kier alpha value is -2.63. The molecule has 6 heteroatoms. The van der Waals surface area contributed by atoms with Gasteiger partial charge in [0.15, 0.2) is 0 Å². The molecule has 1 fully saturated rings. The third kappa shape index (κ3) is 4.21. The molecule has 1 saturated heterocycles. The predicted molar refractivity (Wildman–Crippen MR) is 104 cm³/mol. The fourth-order valence-corrected chi connectivity index (χ4v) is 3.80. The van der Waals surface area contributed by atoms with E-state index in [-0.39, 0.29) is 30.2 Å². The van der Waals surface area contributed by atoms with Gasteiger partial charge in [-0.3, -0.25) is 14.3 Å². The van der Waals surface area contributed by atoms with Gasteiger partial charge >= 0.3 is 0 Å². The third-order valence-electron chi connectivity index (χ3n) is 5.29. The fourth-order valence-electron chi connectivity index (χ4n) is 3.80. The van der Waals surface area contributed by atoms with Gasteiger partial charge in [-0.15, -0.1) is 0 Å². The first kappa shape index (κ1) is 19.1. The van der Waals surface area contributed by atoms with Crippen molar-refractivity contribution in [2.75, 3.05) is 13.6 Å². The summed E-state index contributed by atoms with van der Waals surface area (Å²) in [6.07, 6.45) is 1.07. The Morgan fingerprint density at radius 1 is 1.22 bits per heavy atom. The van der Waals surface area contributed by atoms with Crippen LogP contribution in [0.2, 0.25) is 0 Å². The number of aromatic nitrogens is 2. The Labute approximate surface area is 160 Å². The van der Waals surface area contributed by atoms with E-state index in [1.54, 1.807) is 11.9 Å². The minimum Gasteiger partial charge on any atom is -0.356 e. The summed E-state index contributed by atoms with van der Waals surface area (Å²) in [4.78, 5) is 26.7. The molecule has 2 heterocycles. The molecule has 0 aliphatic carbocycles. The molecule has 2 atom stereocenters. The number of nitrogens with zero attached hydrogens (tertiary/aromatic N) is 3. The third-order valence-corrected chi connectivity index (χ3v) is 5.29. The Morgan fingerprint density at radius 3 is 2.56 bits per heavy atom. The maximum Gasteiger partial charge on any atom is 0.226 e. The predicted octanol–water partition coefficient (Wildman–Crippen LogP) is 2.53. The Balaban J connectivity index is 1.59. The van der Waals surface area contributed by atoms with Gasteiger partial charge in [0.05, 0.1) is 17.7 Å². The smallest absolute Gasteiger partial charge is 0.226 e. The van der Waals surface area contributed by atoms with Gasteiger partial charge in [0.1, 0.15) is 0 Å². The van der Waals surface area contributed by atoms with Crippen molar-refractivity contribution in [1.29, 1.82) is 0 Å². The maximum absolute atomic E-state index is 12.8. The number of benzene rings is 1. The number of amides is 2. The molecule has 3 rings (SSSR count). The lowest BCUT2D eigenvalue weighted by Gasteiger charge is -2.25. The topological polar surface area (TPSA) is 67.2 Å². The van der Waals surface area contributed by atoms with E-state index in [0.717, 1.165) is 35.5 Å². The van der Waals surface area contributed by atoms with Crippen LogP contribution in [0.5, 0.6) is 0 Å². The summed E-state index contributed by atoms with van der Waals surface area (Å²) in [5, 5.41) is 7.45. The molecule has 1 aliphatic heterocycles. The van der Waals surface area contributed by atoms with E-state index in [1.807, 2.05) is 55.8 Å². The number of nitrogens with one attached hydrogen (secondary N) is 1. The number of aryl methyl sites for hydroxylation is 4. The molecule has 1 aromatic heterocycles. The minimum absolute atomic E-state index is 0.0170. The van der Waals surface area contributed by atoms with Crippen molar-refractivity contribution in [3.63, 3.8) is 0 Å². The van der Waals surface area contributed by atoms with Gasteiger partial charge in [0.2, 0.25) is 11.8 Å². The number of carbonyl (C=O) groups is 2. The summed E-state index contributed by atoms with van der Waals surface area (Å²) in [6.45, 7) is 7.38. The molecule has 2 amide bonds. The van der Waals surface area contributed by atoms with Gasteiger partial charge in [-0.1, -0.05) is 29.8 Å². The highest BCUT2D eigenvalue weighted by molar-refractivity contribution is 5.90. The van der Waals surface area contributed by atoms with Crippen LogP contribution < -0.4 is 5.32 Å². The average Bonchev–Trinajstić information content (AvgIpc) is 3.11. The van der Waals surface area contributed by atoms with Gasteiger partial charge in [0.25, 0.3) is 0 Å². The average molecular weight is 368 g/mol. The van der Waals surface area contributed by atoms with Gasteiger partial charge in [-0.2, -0.15) is 5.10 Å². The number of rotatable bonds is 6. The first-order valence-electron chi connectivity index (χ1n) is 9.48. The second kappa shape index (κ2) is 7.94. The lowest BCUT2D eigenvalue weighted by atomic mass is 9.92. The first-order chi connectivity index (χ1) is 12.9. The number of carbonyl (C=O) groups excluding carboxylic acids is 2. The van der Waals surface area contributed by atoms with Crippen LogP contribution in [0.25, 0.3) is 0 Å². The highest BCUT2D eigenvalue weighted by Gasteiger charge is 2.42. The van der Waals surface area contributed by atoms with E-state index in [0.29, 0.717) is 6.54 Å². The lowest BCUT2D eigenvalue weighted by molar-refractivity contribution is -0.128. The van der Waals surface area contributed by atoms with Crippen LogP contribution in [0.4, 0.5) is 0 Å². The largest absolute Gasteiger partial charge is 0.356 e. The summed E-state index contributed by atoms with van der Waals surface area (Å²) in [7, 11) is 1.78. The van der Waals surface area contributed by atoms with Crippen molar-refractivity contribution in [2.24, 2.45) is 5.92 Å². The van der Waals surface area contributed by atoms with E-state index in [9.17, 15) is 9.59 Å². The number of hydrogen-bond acceptors (Lipinski definition) is 3. The van der Waals surface area contributed by atoms with Crippen LogP contribution in [0.3, 0.4) is 0 Å². The molecule has 1 aliphatic rings. The molecule has 0 radical (unpaired) electrons. The quantitative estimate of drug-likeness (QED) is 0.797. The van der Waals surface area contributed by atoms with Crippen LogP contribution in [0, 0.1) is 26.7 Å². The van der Waals surface area contributed by atoms with Gasteiger partial charge in [-0.05, 0) is 38.8 Å². The maximum atomic E-state index is 12.8. The molecule has 27 heavy (non-hydrogen) atoms. The molecule has 1 aromatic carbocycles. The second-order valence-electron chi connectivity index (χ2n) is 7.47. The Kier molecular flexibility index (Phi) is 5.63. The zero-order chi connectivity index (χ0) is 19.6. The summed E-state index contributed by atoms with van der Waals surface area (Å²) >= 11 is 0. The van der Waals surface area contributed by atoms with Crippen LogP contribution >= 0.6 is 0 Å². The van der Waals surface area contributed by atoms with Gasteiger partial charge < -0.3 is 10.2 Å². The van der Waals surface area contributed by atoms with E-state index in [4.69, 9.17) is 0 Å².